The van der Waals surface area contributed by atoms with Crippen LogP contribution in [0.2, 0.25) is 0 Å². The Balaban J connectivity index is 2.59. The first-order valence-electron chi connectivity index (χ1n) is 4.06. The molecule has 1 saturated heterocycles. The fourth-order valence-corrected chi connectivity index (χ4v) is 1.21. The summed E-state index contributed by atoms with van der Waals surface area (Å²) in [7, 11) is 0. The van der Waals surface area contributed by atoms with Crippen LogP contribution in [0.4, 0.5) is 0 Å². The van der Waals surface area contributed by atoms with Gasteiger partial charge in [-0.2, -0.15) is 5.10 Å². The second-order valence-corrected chi connectivity index (χ2v) is 3.11. The molecule has 13 heavy (non-hydrogen) atoms. The van der Waals surface area contributed by atoms with Crippen LogP contribution in [-0.4, -0.2) is 34.7 Å². The Hall–Kier alpha value is -1.17. The maximum absolute atomic E-state index is 11.4. The molecule has 0 aliphatic carbocycles. The van der Waals surface area contributed by atoms with Gasteiger partial charge in [0, 0.05) is 19.5 Å². The third kappa shape index (κ3) is 2.38. The Morgan fingerprint density at radius 3 is 3.00 bits per heavy atom. The highest BCUT2D eigenvalue weighted by Gasteiger charge is 2.25. The van der Waals surface area contributed by atoms with E-state index in [1.165, 1.54) is 0 Å². The number of amides is 1. The zero-order valence-corrected chi connectivity index (χ0v) is 8.23. The molecule has 0 aromatic rings. The summed E-state index contributed by atoms with van der Waals surface area (Å²) in [5.41, 5.74) is 8.08. The standard InChI is InChI=1S/C7H12N4OS/c1-2-11-4-3-5(6(11)12)9-10-7(8)13/h2-4H2,1H3,(H3,8,10,13)/b9-5+. The van der Waals surface area contributed by atoms with Gasteiger partial charge in [-0.25, -0.2) is 0 Å². The number of carbonyl (C=O) groups excluding carboxylic acids is 1. The van der Waals surface area contributed by atoms with Crippen molar-refractivity contribution >= 4 is 28.9 Å². The fourth-order valence-electron chi connectivity index (χ4n) is 1.16. The predicted octanol–water partition coefficient (Wildman–Crippen LogP) is -0.572. The van der Waals surface area contributed by atoms with E-state index in [9.17, 15) is 4.79 Å². The van der Waals surface area contributed by atoms with Crippen molar-refractivity contribution in [2.24, 2.45) is 10.8 Å². The van der Waals surface area contributed by atoms with Crippen LogP contribution in [0.5, 0.6) is 0 Å². The highest BCUT2D eigenvalue weighted by Crippen LogP contribution is 2.06. The van der Waals surface area contributed by atoms with Crippen LogP contribution in [0, 0.1) is 0 Å². The van der Waals surface area contributed by atoms with Crippen molar-refractivity contribution in [3.05, 3.63) is 0 Å². The molecule has 0 saturated carbocycles. The number of nitrogens with one attached hydrogen (secondary N) is 1. The monoisotopic (exact) mass is 200 g/mol. The highest BCUT2D eigenvalue weighted by atomic mass is 32.1. The molecule has 1 fully saturated rings. The van der Waals surface area contributed by atoms with Crippen molar-refractivity contribution in [1.29, 1.82) is 0 Å². The van der Waals surface area contributed by atoms with Crippen LogP contribution < -0.4 is 11.2 Å². The first-order chi connectivity index (χ1) is 6.15. The topological polar surface area (TPSA) is 70.7 Å². The summed E-state index contributed by atoms with van der Waals surface area (Å²) >= 11 is 4.56. The Kier molecular flexibility index (Phi) is 3.18. The third-order valence-electron chi connectivity index (χ3n) is 1.84. The third-order valence-corrected chi connectivity index (χ3v) is 1.93. The number of hydrogen-bond acceptors (Lipinski definition) is 3. The maximum atomic E-state index is 11.4. The number of hydrazone groups is 1. The van der Waals surface area contributed by atoms with E-state index in [2.05, 4.69) is 22.7 Å². The highest BCUT2D eigenvalue weighted by molar-refractivity contribution is 7.80. The number of nitrogens with zero attached hydrogens (tertiary/aromatic N) is 2. The molecule has 0 bridgehead atoms. The molecule has 0 unspecified atom stereocenters. The number of rotatable bonds is 2. The van der Waals surface area contributed by atoms with Crippen molar-refractivity contribution in [2.45, 2.75) is 13.3 Å². The van der Waals surface area contributed by atoms with E-state index in [0.717, 1.165) is 6.54 Å². The Labute approximate surface area is 82.0 Å². The van der Waals surface area contributed by atoms with Gasteiger partial charge in [0.15, 0.2) is 5.11 Å². The lowest BCUT2D eigenvalue weighted by Gasteiger charge is -2.09. The van der Waals surface area contributed by atoms with Gasteiger partial charge >= 0.3 is 0 Å². The van der Waals surface area contributed by atoms with Gasteiger partial charge in [-0.05, 0) is 19.1 Å². The van der Waals surface area contributed by atoms with Gasteiger partial charge in [-0.3, -0.25) is 10.2 Å². The summed E-state index contributed by atoms with van der Waals surface area (Å²) in [6, 6.07) is 0. The van der Waals surface area contributed by atoms with Crippen molar-refractivity contribution in [3.63, 3.8) is 0 Å². The van der Waals surface area contributed by atoms with Gasteiger partial charge in [0.05, 0.1) is 0 Å². The lowest BCUT2D eigenvalue weighted by Crippen LogP contribution is -2.30. The van der Waals surface area contributed by atoms with Crippen LogP contribution in [0.25, 0.3) is 0 Å². The second-order valence-electron chi connectivity index (χ2n) is 2.67. The molecule has 1 amide bonds. The number of carbonyl (C=O) groups is 1. The molecule has 3 N–H and O–H groups in total. The van der Waals surface area contributed by atoms with E-state index in [1.54, 1.807) is 4.90 Å². The Morgan fingerprint density at radius 2 is 2.54 bits per heavy atom. The zero-order valence-electron chi connectivity index (χ0n) is 7.41. The minimum atomic E-state index is -0.0359. The molecule has 1 aliphatic rings. The van der Waals surface area contributed by atoms with Crippen molar-refractivity contribution in [1.82, 2.24) is 10.3 Å². The smallest absolute Gasteiger partial charge is 0.270 e. The molecule has 1 aliphatic heterocycles. The number of nitrogens with two attached hydrogens (primary N) is 1. The summed E-state index contributed by atoms with van der Waals surface area (Å²) < 4.78 is 0. The SMILES string of the molecule is CCN1CC/C(=N\NC(N)=S)C1=O. The van der Waals surface area contributed by atoms with Crippen molar-refractivity contribution < 1.29 is 4.79 Å². The molecule has 0 aromatic carbocycles. The molecule has 0 radical (unpaired) electrons. The maximum Gasteiger partial charge on any atom is 0.270 e. The van der Waals surface area contributed by atoms with Gasteiger partial charge in [0.25, 0.3) is 5.91 Å². The van der Waals surface area contributed by atoms with Gasteiger partial charge in [0.1, 0.15) is 5.71 Å². The normalized spacial score (nSPS) is 19.6. The van der Waals surface area contributed by atoms with Crippen LogP contribution in [-0.2, 0) is 4.79 Å². The first kappa shape index (κ1) is 9.91. The Bertz CT molecular complexity index is 263. The van der Waals surface area contributed by atoms with E-state index in [4.69, 9.17) is 5.73 Å². The number of hydrogen-bond donors (Lipinski definition) is 2. The molecule has 0 atom stereocenters. The lowest BCUT2D eigenvalue weighted by molar-refractivity contribution is -0.122. The van der Waals surface area contributed by atoms with Crippen molar-refractivity contribution in [2.75, 3.05) is 13.1 Å². The van der Waals surface area contributed by atoms with Gasteiger partial charge in [-0.1, -0.05) is 0 Å². The van der Waals surface area contributed by atoms with Gasteiger partial charge in [-0.15, -0.1) is 0 Å². The summed E-state index contributed by atoms with van der Waals surface area (Å²) in [5, 5.41) is 3.89. The summed E-state index contributed by atoms with van der Waals surface area (Å²) in [5.74, 6) is -0.0359. The van der Waals surface area contributed by atoms with E-state index in [0.29, 0.717) is 18.7 Å². The minimum Gasteiger partial charge on any atom is -0.375 e. The van der Waals surface area contributed by atoms with Gasteiger partial charge < -0.3 is 10.6 Å². The minimum absolute atomic E-state index is 0.0359. The quantitative estimate of drug-likeness (QED) is 0.462. The molecule has 5 nitrogen and oxygen atoms in total. The average Bonchev–Trinajstić information content (AvgIpc) is 2.43. The zero-order chi connectivity index (χ0) is 9.84. The lowest BCUT2D eigenvalue weighted by atomic mass is 10.3. The van der Waals surface area contributed by atoms with Crippen LogP contribution >= 0.6 is 12.2 Å². The van der Waals surface area contributed by atoms with E-state index >= 15 is 0 Å². The Morgan fingerprint density at radius 1 is 1.85 bits per heavy atom. The molecular formula is C7H12N4OS. The predicted molar refractivity (Wildman–Crippen MR) is 54.2 cm³/mol. The summed E-state index contributed by atoms with van der Waals surface area (Å²) in [6.07, 6.45) is 0.655. The largest absolute Gasteiger partial charge is 0.375 e. The first-order valence-corrected chi connectivity index (χ1v) is 4.47. The number of likely N-dealkylation sites (tertiary alicyclic amines) is 1. The average molecular weight is 200 g/mol. The molecular weight excluding hydrogens is 188 g/mol. The molecule has 1 rings (SSSR count). The molecule has 6 heteroatoms. The fraction of sp³-hybridized carbons (Fsp3) is 0.571. The summed E-state index contributed by atoms with van der Waals surface area (Å²) in [4.78, 5) is 13.1. The molecule has 0 aromatic heterocycles. The molecule has 0 spiro atoms. The van der Waals surface area contributed by atoms with Crippen LogP contribution in [0.15, 0.2) is 5.10 Å². The van der Waals surface area contributed by atoms with E-state index < -0.39 is 0 Å². The molecule has 72 valence electrons. The van der Waals surface area contributed by atoms with Crippen LogP contribution in [0.1, 0.15) is 13.3 Å². The summed E-state index contributed by atoms with van der Waals surface area (Å²) in [6.45, 7) is 3.37. The molecule has 1 heterocycles. The number of thiocarbonyl (C=S) groups is 1. The van der Waals surface area contributed by atoms with E-state index in [1.807, 2.05) is 6.92 Å². The van der Waals surface area contributed by atoms with Gasteiger partial charge in [0.2, 0.25) is 0 Å². The second kappa shape index (κ2) is 4.18. The van der Waals surface area contributed by atoms with E-state index in [-0.39, 0.29) is 11.0 Å². The van der Waals surface area contributed by atoms with Crippen LogP contribution in [0.3, 0.4) is 0 Å². The van der Waals surface area contributed by atoms with Crippen molar-refractivity contribution in [3.8, 4) is 0 Å².